The monoisotopic (exact) mass is 336 g/mol. The van der Waals surface area contributed by atoms with Crippen LogP contribution in [0.15, 0.2) is 46.3 Å². The summed E-state index contributed by atoms with van der Waals surface area (Å²) in [6.45, 7) is 0. The number of carbonyl (C=O) groups excluding carboxylic acids is 1. The average Bonchev–Trinajstić information content (AvgIpc) is 3.31. The van der Waals surface area contributed by atoms with Crippen molar-refractivity contribution < 1.29 is 4.79 Å². The van der Waals surface area contributed by atoms with Crippen molar-refractivity contribution in [3.8, 4) is 5.69 Å². The van der Waals surface area contributed by atoms with Crippen molar-refractivity contribution in [2.24, 2.45) is 16.5 Å². The van der Waals surface area contributed by atoms with E-state index in [1.807, 2.05) is 24.3 Å². The molecule has 0 atom stereocenters. The number of aromatic nitrogens is 3. The summed E-state index contributed by atoms with van der Waals surface area (Å²) in [6.07, 6.45) is 3.36. The fourth-order valence-electron chi connectivity index (χ4n) is 3.00. The van der Waals surface area contributed by atoms with E-state index in [2.05, 4.69) is 15.1 Å². The predicted octanol–water partition coefficient (Wildman–Crippen LogP) is 1.00. The quantitative estimate of drug-likeness (QED) is 0.485. The number of guanidine groups is 1. The Balaban J connectivity index is 1.96. The molecule has 126 valence electrons. The Hall–Kier alpha value is -3.42. The van der Waals surface area contributed by atoms with E-state index in [0.29, 0.717) is 16.8 Å². The molecule has 1 aromatic carbocycles. The Morgan fingerprint density at radius 3 is 2.76 bits per heavy atom. The van der Waals surface area contributed by atoms with E-state index in [9.17, 15) is 9.59 Å². The number of nitrogens with one attached hydrogen (secondary N) is 1. The molecule has 5 N–H and O–H groups in total. The number of hydrogen-bond acceptors (Lipinski definition) is 3. The smallest absolute Gasteiger partial charge is 0.283 e. The van der Waals surface area contributed by atoms with Crippen LogP contribution in [0.25, 0.3) is 16.6 Å². The van der Waals surface area contributed by atoms with Crippen LogP contribution in [-0.2, 0) is 0 Å². The Morgan fingerprint density at radius 1 is 1.28 bits per heavy atom. The number of aromatic amines is 1. The third-order valence-corrected chi connectivity index (χ3v) is 4.19. The van der Waals surface area contributed by atoms with Crippen molar-refractivity contribution in [2.75, 3.05) is 0 Å². The normalized spacial score (nSPS) is 13.8. The number of para-hydroxylation sites is 1. The molecule has 3 aromatic rings. The van der Waals surface area contributed by atoms with Gasteiger partial charge in [-0.15, -0.1) is 0 Å². The van der Waals surface area contributed by atoms with E-state index >= 15 is 0 Å². The van der Waals surface area contributed by atoms with Crippen molar-refractivity contribution in [3.05, 3.63) is 58.1 Å². The molecular formula is C17H16N6O2. The number of nitrogens with two attached hydrogens (primary N) is 2. The zero-order chi connectivity index (χ0) is 17.6. The molecule has 1 aliphatic rings. The fourth-order valence-corrected chi connectivity index (χ4v) is 3.00. The van der Waals surface area contributed by atoms with Gasteiger partial charge in [0.1, 0.15) is 0 Å². The lowest BCUT2D eigenvalue weighted by Crippen LogP contribution is -2.24. The van der Waals surface area contributed by atoms with E-state index in [1.54, 1.807) is 4.68 Å². The van der Waals surface area contributed by atoms with Gasteiger partial charge < -0.3 is 16.5 Å². The number of carbonyl (C=O) groups is 1. The molecule has 8 nitrogen and oxygen atoms in total. The number of pyridine rings is 1. The van der Waals surface area contributed by atoms with Crippen LogP contribution >= 0.6 is 0 Å². The van der Waals surface area contributed by atoms with Crippen LogP contribution in [-0.4, -0.2) is 26.6 Å². The number of H-pyrrole nitrogens is 1. The number of rotatable bonds is 3. The zero-order valence-corrected chi connectivity index (χ0v) is 13.3. The van der Waals surface area contributed by atoms with E-state index in [0.717, 1.165) is 23.9 Å². The lowest BCUT2D eigenvalue weighted by Gasteiger charge is -2.10. The molecular weight excluding hydrogens is 320 g/mol. The van der Waals surface area contributed by atoms with Gasteiger partial charge in [0, 0.05) is 17.4 Å². The van der Waals surface area contributed by atoms with E-state index < -0.39 is 5.91 Å². The summed E-state index contributed by atoms with van der Waals surface area (Å²) in [5.41, 5.74) is 12.8. The Bertz CT molecular complexity index is 1070. The van der Waals surface area contributed by atoms with Crippen LogP contribution in [0.1, 0.15) is 34.8 Å². The molecule has 8 heteroatoms. The summed E-state index contributed by atoms with van der Waals surface area (Å²) >= 11 is 0. The molecule has 25 heavy (non-hydrogen) atoms. The molecule has 2 aromatic heterocycles. The minimum Gasteiger partial charge on any atom is -0.370 e. The van der Waals surface area contributed by atoms with Gasteiger partial charge in [-0.05, 0) is 18.9 Å². The molecule has 2 heterocycles. The van der Waals surface area contributed by atoms with Gasteiger partial charge in [0.05, 0.1) is 28.7 Å². The van der Waals surface area contributed by atoms with E-state index in [4.69, 9.17) is 11.5 Å². The Kier molecular flexibility index (Phi) is 3.38. The van der Waals surface area contributed by atoms with Gasteiger partial charge in [0.25, 0.3) is 11.5 Å². The topological polar surface area (TPSA) is 132 Å². The van der Waals surface area contributed by atoms with Gasteiger partial charge in [-0.2, -0.15) is 10.1 Å². The first-order valence-electron chi connectivity index (χ1n) is 7.89. The maximum absolute atomic E-state index is 12.3. The van der Waals surface area contributed by atoms with Crippen LogP contribution < -0.4 is 17.0 Å². The van der Waals surface area contributed by atoms with E-state index in [1.165, 1.54) is 12.3 Å². The highest BCUT2D eigenvalue weighted by molar-refractivity contribution is 6.03. The van der Waals surface area contributed by atoms with Crippen LogP contribution in [0.3, 0.4) is 0 Å². The maximum Gasteiger partial charge on any atom is 0.283 e. The molecule has 1 amide bonds. The number of aliphatic imine (C=N–C) groups is 1. The summed E-state index contributed by atoms with van der Waals surface area (Å²) < 4.78 is 1.66. The highest BCUT2D eigenvalue weighted by Crippen LogP contribution is 2.43. The molecule has 1 saturated carbocycles. The van der Waals surface area contributed by atoms with Gasteiger partial charge in [-0.1, -0.05) is 18.2 Å². The Labute approximate surface area is 142 Å². The van der Waals surface area contributed by atoms with Crippen LogP contribution in [0.5, 0.6) is 0 Å². The lowest BCUT2D eigenvalue weighted by molar-refractivity contribution is 0.100. The standard InChI is InChI=1S/C17H16N6O2/c18-17(19)22-16(25)11-8-20-23(15(11)9-5-6-9)13-7-14(24)21-12-4-2-1-3-10(12)13/h1-4,7-9H,5-6H2,(H,21,24)(H4,18,19,22,25). The first kappa shape index (κ1) is 15.1. The molecule has 0 saturated heterocycles. The molecule has 0 bridgehead atoms. The molecule has 1 aliphatic carbocycles. The highest BCUT2D eigenvalue weighted by Gasteiger charge is 2.33. The number of nitrogens with zero attached hydrogens (tertiary/aromatic N) is 3. The highest BCUT2D eigenvalue weighted by atomic mass is 16.1. The number of fused-ring (bicyclic) bond motifs is 1. The minimum atomic E-state index is -0.526. The van der Waals surface area contributed by atoms with Crippen molar-refractivity contribution >= 4 is 22.8 Å². The zero-order valence-electron chi connectivity index (χ0n) is 13.3. The third-order valence-electron chi connectivity index (χ3n) is 4.19. The Morgan fingerprint density at radius 2 is 2.04 bits per heavy atom. The van der Waals surface area contributed by atoms with Crippen molar-refractivity contribution in [1.29, 1.82) is 0 Å². The van der Waals surface area contributed by atoms with Crippen molar-refractivity contribution in [3.63, 3.8) is 0 Å². The van der Waals surface area contributed by atoms with Gasteiger partial charge in [-0.3, -0.25) is 9.59 Å². The van der Waals surface area contributed by atoms with Crippen LogP contribution in [0.2, 0.25) is 0 Å². The maximum atomic E-state index is 12.3. The average molecular weight is 336 g/mol. The van der Waals surface area contributed by atoms with Crippen LogP contribution in [0, 0.1) is 0 Å². The number of hydrogen-bond donors (Lipinski definition) is 3. The van der Waals surface area contributed by atoms with Gasteiger partial charge in [0.2, 0.25) is 0 Å². The largest absolute Gasteiger partial charge is 0.370 e. The first-order valence-corrected chi connectivity index (χ1v) is 7.89. The summed E-state index contributed by atoms with van der Waals surface area (Å²) in [4.78, 5) is 30.8. The van der Waals surface area contributed by atoms with Crippen molar-refractivity contribution in [2.45, 2.75) is 18.8 Å². The molecule has 4 rings (SSSR count). The predicted molar refractivity (Wildman–Crippen MR) is 93.8 cm³/mol. The molecule has 0 unspecified atom stereocenters. The summed E-state index contributed by atoms with van der Waals surface area (Å²) in [7, 11) is 0. The number of benzene rings is 1. The molecule has 1 fully saturated rings. The van der Waals surface area contributed by atoms with Gasteiger partial charge >= 0.3 is 0 Å². The van der Waals surface area contributed by atoms with Crippen LogP contribution in [0.4, 0.5) is 0 Å². The van der Waals surface area contributed by atoms with E-state index in [-0.39, 0.29) is 17.4 Å². The van der Waals surface area contributed by atoms with Gasteiger partial charge in [-0.25, -0.2) is 4.68 Å². The second-order valence-electron chi connectivity index (χ2n) is 6.04. The minimum absolute atomic E-state index is 0.202. The second kappa shape index (κ2) is 5.59. The first-order chi connectivity index (χ1) is 12.0. The summed E-state index contributed by atoms with van der Waals surface area (Å²) in [5.74, 6) is -0.614. The summed E-state index contributed by atoms with van der Waals surface area (Å²) in [6, 6.07) is 8.94. The second-order valence-corrected chi connectivity index (χ2v) is 6.04. The molecule has 0 radical (unpaired) electrons. The summed E-state index contributed by atoms with van der Waals surface area (Å²) in [5, 5.41) is 5.20. The SMILES string of the molecule is NC(N)=NC(=O)c1cnn(-c2cc(=O)[nH]c3ccccc23)c1C1CC1. The third kappa shape index (κ3) is 2.67. The lowest BCUT2D eigenvalue weighted by atomic mass is 10.1. The fraction of sp³-hybridized carbons (Fsp3) is 0.176. The molecule has 0 spiro atoms. The van der Waals surface area contributed by atoms with Gasteiger partial charge in [0.15, 0.2) is 5.96 Å². The number of amides is 1. The molecule has 0 aliphatic heterocycles. The van der Waals surface area contributed by atoms with Crippen molar-refractivity contribution in [1.82, 2.24) is 14.8 Å².